The maximum atomic E-state index is 13.1. The number of anilines is 1. The summed E-state index contributed by atoms with van der Waals surface area (Å²) in [5.41, 5.74) is 3.23. The van der Waals surface area contributed by atoms with E-state index in [1.54, 1.807) is 11.3 Å². The van der Waals surface area contributed by atoms with Crippen molar-refractivity contribution in [3.63, 3.8) is 0 Å². The zero-order valence-electron chi connectivity index (χ0n) is 15.8. The predicted octanol–water partition coefficient (Wildman–Crippen LogP) is 5.38. The van der Waals surface area contributed by atoms with Crippen LogP contribution < -0.4 is 4.90 Å². The van der Waals surface area contributed by atoms with Crippen molar-refractivity contribution in [1.82, 2.24) is 4.98 Å². The van der Waals surface area contributed by atoms with Crippen molar-refractivity contribution in [2.45, 2.75) is 26.7 Å². The Morgan fingerprint density at radius 2 is 2.15 bits per heavy atom. The van der Waals surface area contributed by atoms with Crippen LogP contribution in [0.2, 0.25) is 0 Å². The molecule has 1 aliphatic heterocycles. The van der Waals surface area contributed by atoms with E-state index in [-0.39, 0.29) is 5.97 Å². The van der Waals surface area contributed by atoms with Crippen molar-refractivity contribution < 1.29 is 9.53 Å². The predicted molar refractivity (Wildman–Crippen MR) is 112 cm³/mol. The maximum absolute atomic E-state index is 13.1. The maximum Gasteiger partial charge on any atom is 0.342 e. The van der Waals surface area contributed by atoms with Crippen LogP contribution in [0.25, 0.3) is 21.5 Å². The molecule has 1 fully saturated rings. The third-order valence-corrected chi connectivity index (χ3v) is 5.95. The van der Waals surface area contributed by atoms with Crippen molar-refractivity contribution in [3.05, 3.63) is 47.3 Å². The van der Waals surface area contributed by atoms with Crippen LogP contribution in [0.1, 0.15) is 37.0 Å². The summed E-state index contributed by atoms with van der Waals surface area (Å²) >= 11 is 1.60. The first-order valence-electron chi connectivity index (χ1n) is 9.57. The summed E-state index contributed by atoms with van der Waals surface area (Å²) in [7, 11) is 0. The number of piperidine rings is 1. The molecule has 1 saturated heterocycles. The Hall–Kier alpha value is -2.40. The Labute approximate surface area is 163 Å². The summed E-state index contributed by atoms with van der Waals surface area (Å²) in [4.78, 5) is 21.3. The smallest absolute Gasteiger partial charge is 0.342 e. The zero-order valence-corrected chi connectivity index (χ0v) is 16.6. The highest BCUT2D eigenvalue weighted by molar-refractivity contribution is 7.13. The van der Waals surface area contributed by atoms with Crippen LogP contribution in [0, 0.1) is 5.92 Å². The first kappa shape index (κ1) is 18.0. The third-order valence-electron chi connectivity index (χ3n) is 5.07. The van der Waals surface area contributed by atoms with E-state index in [9.17, 15) is 4.79 Å². The van der Waals surface area contributed by atoms with Crippen LogP contribution >= 0.6 is 11.3 Å². The number of nitrogens with zero attached hydrogens (tertiary/aromatic N) is 2. The molecular weight excluding hydrogens is 356 g/mol. The van der Waals surface area contributed by atoms with Gasteiger partial charge in [-0.05, 0) is 43.2 Å². The molecule has 0 aliphatic carbocycles. The second-order valence-corrected chi connectivity index (χ2v) is 8.04. The monoisotopic (exact) mass is 380 g/mol. The molecule has 2 aromatic heterocycles. The Morgan fingerprint density at radius 3 is 2.89 bits per heavy atom. The molecule has 0 radical (unpaired) electrons. The molecule has 1 unspecified atom stereocenters. The number of carbonyl (C=O) groups excluding carboxylic acids is 1. The molecular formula is C22H24N2O2S. The van der Waals surface area contributed by atoms with Crippen molar-refractivity contribution in [2.75, 3.05) is 24.6 Å². The lowest BCUT2D eigenvalue weighted by atomic mass is 9.96. The molecule has 3 aromatic rings. The molecule has 0 amide bonds. The number of aromatic nitrogens is 1. The summed E-state index contributed by atoms with van der Waals surface area (Å²) < 4.78 is 5.47. The van der Waals surface area contributed by atoms with Crippen molar-refractivity contribution >= 4 is 33.9 Å². The molecule has 0 spiro atoms. The molecule has 140 valence electrons. The molecule has 0 N–H and O–H groups in total. The van der Waals surface area contributed by atoms with E-state index < -0.39 is 0 Å². The fraction of sp³-hybridized carbons (Fsp3) is 0.364. The molecule has 27 heavy (non-hydrogen) atoms. The fourth-order valence-electron chi connectivity index (χ4n) is 3.90. The summed E-state index contributed by atoms with van der Waals surface area (Å²) in [6.07, 6.45) is 2.36. The summed E-state index contributed by atoms with van der Waals surface area (Å²) in [6, 6.07) is 12.1. The largest absolute Gasteiger partial charge is 0.462 e. The van der Waals surface area contributed by atoms with E-state index in [0.29, 0.717) is 18.1 Å². The van der Waals surface area contributed by atoms with Crippen LogP contribution in [-0.2, 0) is 4.74 Å². The number of carbonyl (C=O) groups is 1. The molecule has 1 atom stereocenters. The number of fused-ring (bicyclic) bond motifs is 1. The van der Waals surface area contributed by atoms with Gasteiger partial charge >= 0.3 is 5.97 Å². The van der Waals surface area contributed by atoms with Gasteiger partial charge in [-0.25, -0.2) is 9.78 Å². The van der Waals surface area contributed by atoms with Crippen molar-refractivity contribution in [3.8, 4) is 10.6 Å². The van der Waals surface area contributed by atoms with Gasteiger partial charge in [0.15, 0.2) is 0 Å². The average Bonchev–Trinajstić information content (AvgIpc) is 3.21. The molecule has 4 nitrogen and oxygen atoms in total. The minimum atomic E-state index is -0.285. The van der Waals surface area contributed by atoms with Gasteiger partial charge in [-0.1, -0.05) is 31.2 Å². The van der Waals surface area contributed by atoms with Crippen LogP contribution in [-0.4, -0.2) is 30.6 Å². The SMILES string of the molecule is CCOC(=O)c1c(-c2cccs2)nc2ccccc2c1N1CCCC(C)C1. The lowest BCUT2D eigenvalue weighted by Crippen LogP contribution is -2.35. The zero-order chi connectivity index (χ0) is 18.8. The second-order valence-electron chi connectivity index (χ2n) is 7.09. The van der Waals surface area contributed by atoms with Gasteiger partial charge in [0, 0.05) is 18.5 Å². The van der Waals surface area contributed by atoms with E-state index >= 15 is 0 Å². The Balaban J connectivity index is 2.01. The average molecular weight is 381 g/mol. The normalized spacial score (nSPS) is 17.3. The second kappa shape index (κ2) is 7.69. The standard InChI is InChI=1S/C22H24N2O2S/c1-3-26-22(25)19-20(18-11-7-13-27-18)23-17-10-5-4-9-16(17)21(19)24-12-6-8-15(2)14-24/h4-5,7,9-11,13,15H,3,6,8,12,14H2,1-2H3. The first-order valence-corrected chi connectivity index (χ1v) is 10.5. The number of ether oxygens (including phenoxy) is 1. The van der Waals surface area contributed by atoms with Gasteiger partial charge < -0.3 is 9.64 Å². The Bertz CT molecular complexity index is 952. The van der Waals surface area contributed by atoms with Gasteiger partial charge in [-0.2, -0.15) is 0 Å². The molecule has 3 heterocycles. The number of pyridine rings is 1. The summed E-state index contributed by atoms with van der Waals surface area (Å²) in [6.45, 7) is 6.38. The van der Waals surface area contributed by atoms with Gasteiger partial charge in [0.05, 0.1) is 28.4 Å². The van der Waals surface area contributed by atoms with Crippen LogP contribution in [0.15, 0.2) is 41.8 Å². The van der Waals surface area contributed by atoms with E-state index in [1.165, 1.54) is 6.42 Å². The fourth-order valence-corrected chi connectivity index (χ4v) is 4.62. The lowest BCUT2D eigenvalue weighted by molar-refractivity contribution is 0.0527. The number of hydrogen-bond acceptors (Lipinski definition) is 5. The minimum Gasteiger partial charge on any atom is -0.462 e. The number of rotatable bonds is 4. The number of thiophene rings is 1. The Morgan fingerprint density at radius 1 is 1.30 bits per heavy atom. The summed E-state index contributed by atoms with van der Waals surface area (Å²) in [5, 5.41) is 3.04. The van der Waals surface area contributed by atoms with Gasteiger partial charge in [-0.3, -0.25) is 0 Å². The van der Waals surface area contributed by atoms with Crippen LogP contribution in [0.4, 0.5) is 5.69 Å². The number of hydrogen-bond donors (Lipinski definition) is 0. The van der Waals surface area contributed by atoms with E-state index in [0.717, 1.165) is 46.7 Å². The molecule has 1 aromatic carbocycles. The van der Waals surface area contributed by atoms with Gasteiger partial charge in [-0.15, -0.1) is 11.3 Å². The minimum absolute atomic E-state index is 0.285. The van der Waals surface area contributed by atoms with Gasteiger partial charge in [0.1, 0.15) is 5.56 Å². The number of benzene rings is 1. The molecule has 5 heteroatoms. The highest BCUT2D eigenvalue weighted by Crippen LogP contribution is 2.39. The molecule has 0 bridgehead atoms. The quantitative estimate of drug-likeness (QED) is 0.570. The third kappa shape index (κ3) is 3.44. The van der Waals surface area contributed by atoms with E-state index in [4.69, 9.17) is 9.72 Å². The van der Waals surface area contributed by atoms with Crippen LogP contribution in [0.5, 0.6) is 0 Å². The molecule has 1 aliphatic rings. The van der Waals surface area contributed by atoms with Crippen LogP contribution in [0.3, 0.4) is 0 Å². The number of esters is 1. The highest BCUT2D eigenvalue weighted by Gasteiger charge is 2.29. The topological polar surface area (TPSA) is 42.4 Å². The summed E-state index contributed by atoms with van der Waals surface area (Å²) in [5.74, 6) is 0.318. The Kier molecular flexibility index (Phi) is 5.12. The highest BCUT2D eigenvalue weighted by atomic mass is 32.1. The molecule has 0 saturated carbocycles. The lowest BCUT2D eigenvalue weighted by Gasteiger charge is -2.35. The molecule has 4 rings (SSSR count). The number of para-hydroxylation sites is 1. The first-order chi connectivity index (χ1) is 13.2. The van der Waals surface area contributed by atoms with E-state index in [2.05, 4.69) is 17.9 Å². The van der Waals surface area contributed by atoms with Gasteiger partial charge in [0.25, 0.3) is 0 Å². The van der Waals surface area contributed by atoms with Crippen molar-refractivity contribution in [2.24, 2.45) is 5.92 Å². The van der Waals surface area contributed by atoms with E-state index in [1.807, 2.05) is 42.6 Å². The van der Waals surface area contributed by atoms with Gasteiger partial charge in [0.2, 0.25) is 0 Å². The van der Waals surface area contributed by atoms with Crippen molar-refractivity contribution in [1.29, 1.82) is 0 Å².